The first kappa shape index (κ1) is 22.7. The zero-order valence-corrected chi connectivity index (χ0v) is 18.6. The van der Waals surface area contributed by atoms with Gasteiger partial charge in [0.2, 0.25) is 0 Å². The minimum absolute atomic E-state index is 0.126. The highest BCUT2D eigenvalue weighted by molar-refractivity contribution is 6.38. The lowest BCUT2D eigenvalue weighted by Gasteiger charge is -2.13. The van der Waals surface area contributed by atoms with Crippen LogP contribution in [0.1, 0.15) is 30.8 Å². The van der Waals surface area contributed by atoms with Crippen LogP contribution in [-0.2, 0) is 9.59 Å². The number of halogens is 2. The molecule has 0 saturated carbocycles. The minimum Gasteiger partial charge on any atom is -0.348 e. The molecule has 0 aliphatic heterocycles. The lowest BCUT2D eigenvalue weighted by atomic mass is 10.1. The molecule has 0 unspecified atom stereocenters. The predicted molar refractivity (Wildman–Crippen MR) is 123 cm³/mol. The smallest absolute Gasteiger partial charge is 0.328 e. The van der Waals surface area contributed by atoms with Gasteiger partial charge in [-0.15, -0.1) is 0 Å². The Balaban J connectivity index is 1.87. The fraction of sp³-hybridized carbons (Fsp3) is 0.227. The maximum absolute atomic E-state index is 12.9. The second-order valence-electron chi connectivity index (χ2n) is 7.41. The van der Waals surface area contributed by atoms with Crippen molar-refractivity contribution in [2.75, 3.05) is 17.3 Å². The third-order valence-corrected chi connectivity index (χ3v) is 4.98. The average Bonchev–Trinajstić information content (AvgIpc) is 3.05. The standard InChI is InChI=1S/C22H22Cl2N4O3/c1-13(2)8-9-25-21(30)22(31)27-28-18-7-6-16(24)10-14(18)11-19(28)20(29)26-17-5-3-4-15(23)12-17/h3-7,10-13H,8-9H2,1-2H3,(H,25,30)(H,26,29)(H,27,31). The van der Waals surface area contributed by atoms with E-state index in [4.69, 9.17) is 23.2 Å². The van der Waals surface area contributed by atoms with Crippen LogP contribution in [0.3, 0.4) is 0 Å². The molecule has 2 aromatic carbocycles. The van der Waals surface area contributed by atoms with Gasteiger partial charge in [-0.2, -0.15) is 0 Å². The molecule has 31 heavy (non-hydrogen) atoms. The largest absolute Gasteiger partial charge is 0.348 e. The summed E-state index contributed by atoms with van der Waals surface area (Å²) < 4.78 is 1.27. The zero-order valence-electron chi connectivity index (χ0n) is 17.0. The Kier molecular flexibility index (Phi) is 7.20. The Hall–Kier alpha value is -3.03. The maximum atomic E-state index is 12.9. The van der Waals surface area contributed by atoms with Crippen molar-refractivity contribution >= 4 is 57.5 Å². The number of amides is 3. The van der Waals surface area contributed by atoms with Crippen LogP contribution in [0.5, 0.6) is 0 Å². The molecule has 7 nitrogen and oxygen atoms in total. The SMILES string of the molecule is CC(C)CCNC(=O)C(=O)Nn1c(C(=O)Nc2cccc(Cl)c2)cc2cc(Cl)ccc21. The van der Waals surface area contributed by atoms with Gasteiger partial charge in [-0.3, -0.25) is 19.8 Å². The van der Waals surface area contributed by atoms with Crippen LogP contribution < -0.4 is 16.1 Å². The van der Waals surface area contributed by atoms with E-state index >= 15 is 0 Å². The molecule has 9 heteroatoms. The van der Waals surface area contributed by atoms with E-state index in [1.807, 2.05) is 13.8 Å². The first-order chi connectivity index (χ1) is 14.7. The highest BCUT2D eigenvalue weighted by Crippen LogP contribution is 2.24. The summed E-state index contributed by atoms with van der Waals surface area (Å²) in [4.78, 5) is 37.6. The summed E-state index contributed by atoms with van der Waals surface area (Å²) >= 11 is 12.0. The molecule has 0 aliphatic carbocycles. The summed E-state index contributed by atoms with van der Waals surface area (Å²) in [6, 6.07) is 13.2. The Labute approximate surface area is 189 Å². The monoisotopic (exact) mass is 460 g/mol. The lowest BCUT2D eigenvalue weighted by Crippen LogP contribution is -2.40. The highest BCUT2D eigenvalue weighted by Gasteiger charge is 2.21. The van der Waals surface area contributed by atoms with E-state index in [2.05, 4.69) is 16.1 Å². The number of benzene rings is 2. The van der Waals surface area contributed by atoms with Gasteiger partial charge < -0.3 is 10.6 Å². The van der Waals surface area contributed by atoms with Crippen molar-refractivity contribution in [2.45, 2.75) is 20.3 Å². The second-order valence-corrected chi connectivity index (χ2v) is 8.28. The molecule has 162 valence electrons. The minimum atomic E-state index is -0.881. The third-order valence-electron chi connectivity index (χ3n) is 4.51. The Morgan fingerprint density at radius 2 is 1.71 bits per heavy atom. The molecular formula is C22H22Cl2N4O3. The summed E-state index contributed by atoms with van der Waals surface area (Å²) in [5.41, 5.74) is 3.64. The number of rotatable bonds is 6. The Morgan fingerprint density at radius 3 is 2.42 bits per heavy atom. The summed E-state index contributed by atoms with van der Waals surface area (Å²) in [5.74, 6) is -1.76. The van der Waals surface area contributed by atoms with Gasteiger partial charge in [0, 0.05) is 27.7 Å². The van der Waals surface area contributed by atoms with E-state index in [1.165, 1.54) is 4.68 Å². The summed E-state index contributed by atoms with van der Waals surface area (Å²) in [7, 11) is 0. The molecule has 1 aromatic heterocycles. The Bertz CT molecular complexity index is 1140. The molecule has 0 spiro atoms. The van der Waals surface area contributed by atoms with Crippen molar-refractivity contribution in [3.63, 3.8) is 0 Å². The van der Waals surface area contributed by atoms with Gasteiger partial charge >= 0.3 is 11.8 Å². The number of nitrogens with one attached hydrogen (secondary N) is 3. The average molecular weight is 461 g/mol. The van der Waals surface area contributed by atoms with E-state index in [0.29, 0.717) is 39.1 Å². The number of aromatic nitrogens is 1. The van der Waals surface area contributed by atoms with E-state index in [-0.39, 0.29) is 5.69 Å². The molecule has 0 radical (unpaired) electrons. The van der Waals surface area contributed by atoms with Gasteiger partial charge in [0.25, 0.3) is 5.91 Å². The van der Waals surface area contributed by atoms with Crippen molar-refractivity contribution in [2.24, 2.45) is 5.92 Å². The van der Waals surface area contributed by atoms with Gasteiger partial charge in [-0.1, -0.05) is 43.1 Å². The van der Waals surface area contributed by atoms with Gasteiger partial charge in [0.05, 0.1) is 5.52 Å². The van der Waals surface area contributed by atoms with E-state index < -0.39 is 17.7 Å². The van der Waals surface area contributed by atoms with Crippen molar-refractivity contribution in [1.29, 1.82) is 0 Å². The molecule has 0 bridgehead atoms. The van der Waals surface area contributed by atoms with Crippen molar-refractivity contribution in [3.05, 3.63) is 64.3 Å². The summed E-state index contributed by atoms with van der Waals surface area (Å²) in [5, 5.41) is 6.89. The molecule has 0 atom stereocenters. The predicted octanol–water partition coefficient (Wildman–Crippen LogP) is 4.43. The fourth-order valence-corrected chi connectivity index (χ4v) is 3.31. The number of hydrogen-bond donors (Lipinski definition) is 3. The van der Waals surface area contributed by atoms with Crippen molar-refractivity contribution in [3.8, 4) is 0 Å². The number of hydrogen-bond acceptors (Lipinski definition) is 3. The van der Waals surface area contributed by atoms with Gasteiger partial charge in [0.1, 0.15) is 5.69 Å². The normalized spacial score (nSPS) is 10.9. The zero-order chi connectivity index (χ0) is 22.5. The molecule has 0 aliphatic rings. The van der Waals surface area contributed by atoms with Gasteiger partial charge in [-0.05, 0) is 54.8 Å². The van der Waals surface area contributed by atoms with E-state index in [0.717, 1.165) is 6.42 Å². The molecule has 0 fully saturated rings. The van der Waals surface area contributed by atoms with Crippen LogP contribution in [0.25, 0.3) is 10.9 Å². The van der Waals surface area contributed by atoms with Gasteiger partial charge in [0.15, 0.2) is 0 Å². The highest BCUT2D eigenvalue weighted by atomic mass is 35.5. The summed E-state index contributed by atoms with van der Waals surface area (Å²) in [6.45, 7) is 4.43. The van der Waals surface area contributed by atoms with Crippen LogP contribution >= 0.6 is 23.2 Å². The number of anilines is 1. The van der Waals surface area contributed by atoms with E-state index in [1.54, 1.807) is 48.5 Å². The van der Waals surface area contributed by atoms with E-state index in [9.17, 15) is 14.4 Å². The molecular weight excluding hydrogens is 439 g/mol. The van der Waals surface area contributed by atoms with Crippen LogP contribution in [0.15, 0.2) is 48.5 Å². The van der Waals surface area contributed by atoms with Crippen LogP contribution in [0.2, 0.25) is 10.0 Å². The van der Waals surface area contributed by atoms with Crippen LogP contribution in [0, 0.1) is 5.92 Å². The quantitative estimate of drug-likeness (QED) is 0.474. The van der Waals surface area contributed by atoms with Gasteiger partial charge in [-0.25, -0.2) is 4.68 Å². The second kappa shape index (κ2) is 9.85. The van der Waals surface area contributed by atoms with Crippen LogP contribution in [-0.4, -0.2) is 28.9 Å². The van der Waals surface area contributed by atoms with Crippen molar-refractivity contribution < 1.29 is 14.4 Å². The lowest BCUT2D eigenvalue weighted by molar-refractivity contribution is -0.136. The molecule has 1 heterocycles. The fourth-order valence-electron chi connectivity index (χ4n) is 2.94. The first-order valence-electron chi connectivity index (χ1n) is 9.71. The summed E-state index contributed by atoms with van der Waals surface area (Å²) in [6.07, 6.45) is 0.747. The first-order valence-corrected chi connectivity index (χ1v) is 10.5. The van der Waals surface area contributed by atoms with Crippen molar-refractivity contribution in [1.82, 2.24) is 9.99 Å². The maximum Gasteiger partial charge on any atom is 0.328 e. The third kappa shape index (κ3) is 5.77. The number of nitrogens with zero attached hydrogens (tertiary/aromatic N) is 1. The molecule has 3 amide bonds. The number of carbonyl (C=O) groups excluding carboxylic acids is 3. The number of fused-ring (bicyclic) bond motifs is 1. The molecule has 3 rings (SSSR count). The molecule has 3 N–H and O–H groups in total. The Morgan fingerprint density at radius 1 is 0.968 bits per heavy atom. The number of carbonyl (C=O) groups is 3. The van der Waals surface area contributed by atoms with Crippen LogP contribution in [0.4, 0.5) is 5.69 Å². The molecule has 3 aromatic rings. The molecule has 0 saturated heterocycles. The topological polar surface area (TPSA) is 92.2 Å².